The summed E-state index contributed by atoms with van der Waals surface area (Å²) in [6, 6.07) is 14.4. The monoisotopic (exact) mass is 418 g/mol. The molecule has 0 bridgehead atoms. The van der Waals surface area contributed by atoms with Crippen LogP contribution in [0.1, 0.15) is 44.9 Å². The smallest absolute Gasteiger partial charge is 0.282 e. The van der Waals surface area contributed by atoms with Gasteiger partial charge in [0.15, 0.2) is 6.04 Å². The van der Waals surface area contributed by atoms with Crippen molar-refractivity contribution in [1.82, 2.24) is 4.31 Å². The number of carbonyl (C=O) groups excluding carboxylic acids is 1. The van der Waals surface area contributed by atoms with Gasteiger partial charge in [-0.3, -0.25) is 4.79 Å². The highest BCUT2D eigenvalue weighted by molar-refractivity contribution is 7.89. The van der Waals surface area contributed by atoms with Gasteiger partial charge in [0.25, 0.3) is 5.91 Å². The second kappa shape index (κ2) is 10.0. The van der Waals surface area contributed by atoms with Crippen molar-refractivity contribution in [3.05, 3.63) is 59.7 Å². The minimum atomic E-state index is -3.46. The van der Waals surface area contributed by atoms with E-state index in [1.165, 1.54) is 4.31 Å². The fraction of sp³-hybridized carbons (Fsp3) is 0.409. The van der Waals surface area contributed by atoms with Gasteiger partial charge in [-0.05, 0) is 50.6 Å². The summed E-state index contributed by atoms with van der Waals surface area (Å²) in [6.07, 6.45) is 0. The van der Waals surface area contributed by atoms with Crippen molar-refractivity contribution in [2.75, 3.05) is 18.4 Å². The lowest BCUT2D eigenvalue weighted by molar-refractivity contribution is -0.709. The summed E-state index contributed by atoms with van der Waals surface area (Å²) in [5.41, 5.74) is 2.85. The molecule has 0 saturated heterocycles. The number of aryl methyl sites for hydroxylation is 1. The van der Waals surface area contributed by atoms with E-state index in [0.717, 1.165) is 16.8 Å². The van der Waals surface area contributed by atoms with Crippen LogP contribution in [0.5, 0.6) is 0 Å². The van der Waals surface area contributed by atoms with E-state index in [1.807, 2.05) is 76.3 Å². The van der Waals surface area contributed by atoms with E-state index in [2.05, 4.69) is 5.32 Å². The van der Waals surface area contributed by atoms with Gasteiger partial charge in [0.2, 0.25) is 10.0 Å². The van der Waals surface area contributed by atoms with Crippen LogP contribution in [0.4, 0.5) is 5.69 Å². The Kier molecular flexibility index (Phi) is 7.96. The number of nitrogens with two attached hydrogens (primary N) is 1. The summed E-state index contributed by atoms with van der Waals surface area (Å²) in [4.78, 5) is 12.8. The summed E-state index contributed by atoms with van der Waals surface area (Å²) in [5, 5.41) is 4.91. The van der Waals surface area contributed by atoms with Gasteiger partial charge in [-0.15, -0.1) is 0 Å². The SMILES string of the molecule is CCN(CC)S(=O)(=O)c1ccc([C@@H](C)[NH2+][C@H](C)C(=O)Nc2cccc(C)c2)cc1. The molecule has 0 radical (unpaired) electrons. The summed E-state index contributed by atoms with van der Waals surface area (Å²) in [5.74, 6) is -0.0665. The Morgan fingerprint density at radius 3 is 2.24 bits per heavy atom. The molecule has 7 heteroatoms. The molecule has 2 atom stereocenters. The summed E-state index contributed by atoms with van der Waals surface area (Å²) in [7, 11) is -3.46. The molecule has 0 spiro atoms. The number of nitrogens with one attached hydrogen (secondary N) is 1. The van der Waals surface area contributed by atoms with Crippen molar-refractivity contribution in [2.45, 2.75) is 51.6 Å². The van der Waals surface area contributed by atoms with E-state index in [0.29, 0.717) is 18.0 Å². The molecule has 0 aliphatic carbocycles. The minimum Gasteiger partial charge on any atom is -0.330 e. The van der Waals surface area contributed by atoms with Crippen LogP contribution < -0.4 is 10.6 Å². The Labute approximate surface area is 174 Å². The van der Waals surface area contributed by atoms with Crippen LogP contribution in [0.3, 0.4) is 0 Å². The van der Waals surface area contributed by atoms with E-state index < -0.39 is 10.0 Å². The molecule has 0 saturated carbocycles. The molecule has 0 aromatic heterocycles. The van der Waals surface area contributed by atoms with Crippen molar-refractivity contribution in [2.24, 2.45) is 0 Å². The number of hydrogen-bond donors (Lipinski definition) is 2. The average Bonchev–Trinajstić information content (AvgIpc) is 2.68. The Morgan fingerprint density at radius 2 is 1.69 bits per heavy atom. The molecule has 0 aliphatic rings. The molecule has 0 heterocycles. The predicted molar refractivity (Wildman–Crippen MR) is 116 cm³/mol. The summed E-state index contributed by atoms with van der Waals surface area (Å²) >= 11 is 0. The van der Waals surface area contributed by atoms with Gasteiger partial charge in [-0.25, -0.2) is 8.42 Å². The first-order chi connectivity index (χ1) is 13.7. The third-order valence-corrected chi connectivity index (χ3v) is 7.09. The van der Waals surface area contributed by atoms with Gasteiger partial charge in [-0.2, -0.15) is 4.31 Å². The minimum absolute atomic E-state index is 0.0125. The maximum atomic E-state index is 12.6. The van der Waals surface area contributed by atoms with Crippen molar-refractivity contribution in [3.63, 3.8) is 0 Å². The Balaban J connectivity index is 2.03. The maximum absolute atomic E-state index is 12.6. The van der Waals surface area contributed by atoms with E-state index in [9.17, 15) is 13.2 Å². The average molecular weight is 419 g/mol. The van der Waals surface area contributed by atoms with E-state index in [4.69, 9.17) is 0 Å². The fourth-order valence-corrected chi connectivity index (χ4v) is 4.72. The van der Waals surface area contributed by atoms with E-state index >= 15 is 0 Å². The first-order valence-corrected chi connectivity index (χ1v) is 11.5. The summed E-state index contributed by atoms with van der Waals surface area (Å²) in [6.45, 7) is 10.4. The summed E-state index contributed by atoms with van der Waals surface area (Å²) < 4.78 is 26.7. The van der Waals surface area contributed by atoms with Gasteiger partial charge >= 0.3 is 0 Å². The topological polar surface area (TPSA) is 83.1 Å². The molecule has 3 N–H and O–H groups in total. The number of benzene rings is 2. The van der Waals surface area contributed by atoms with Gasteiger partial charge in [0.1, 0.15) is 6.04 Å². The lowest BCUT2D eigenvalue weighted by Crippen LogP contribution is -2.91. The van der Waals surface area contributed by atoms with E-state index in [1.54, 1.807) is 12.1 Å². The van der Waals surface area contributed by atoms with Crippen molar-refractivity contribution >= 4 is 21.6 Å². The number of anilines is 1. The van der Waals surface area contributed by atoms with Gasteiger partial charge in [-0.1, -0.05) is 38.1 Å². The van der Waals surface area contributed by atoms with Crippen LogP contribution in [0.25, 0.3) is 0 Å². The second-order valence-electron chi connectivity index (χ2n) is 7.29. The highest BCUT2D eigenvalue weighted by Gasteiger charge is 2.23. The van der Waals surface area contributed by atoms with Gasteiger partial charge in [0, 0.05) is 24.3 Å². The zero-order valence-corrected chi connectivity index (χ0v) is 18.7. The molecule has 2 aromatic rings. The number of sulfonamides is 1. The van der Waals surface area contributed by atoms with E-state index in [-0.39, 0.29) is 18.0 Å². The largest absolute Gasteiger partial charge is 0.330 e. The molecule has 158 valence electrons. The Hall–Kier alpha value is -2.22. The molecule has 0 unspecified atom stereocenters. The molecule has 6 nitrogen and oxygen atoms in total. The zero-order chi connectivity index (χ0) is 21.6. The fourth-order valence-electron chi connectivity index (χ4n) is 3.27. The standard InChI is InChI=1S/C22H31N3O3S/c1-6-25(7-2)29(27,28)21-13-11-19(12-14-21)17(4)23-18(5)22(26)24-20-10-8-9-16(3)15-20/h8-15,17-18,23H,6-7H2,1-5H3,(H,24,26)/p+1/t17-,18-/m1/s1. The Bertz CT molecular complexity index is 923. The van der Waals surface area contributed by atoms with Crippen LogP contribution in [-0.2, 0) is 14.8 Å². The highest BCUT2D eigenvalue weighted by atomic mass is 32.2. The number of amides is 1. The predicted octanol–water partition coefficient (Wildman–Crippen LogP) is 2.68. The third-order valence-electron chi connectivity index (χ3n) is 5.03. The Morgan fingerprint density at radius 1 is 1.07 bits per heavy atom. The highest BCUT2D eigenvalue weighted by Crippen LogP contribution is 2.18. The van der Waals surface area contributed by atoms with Crippen LogP contribution in [0.2, 0.25) is 0 Å². The molecular weight excluding hydrogens is 386 g/mol. The van der Waals surface area contributed by atoms with Crippen molar-refractivity contribution in [3.8, 4) is 0 Å². The lowest BCUT2D eigenvalue weighted by Gasteiger charge is -2.20. The molecule has 2 aromatic carbocycles. The second-order valence-corrected chi connectivity index (χ2v) is 9.22. The number of nitrogens with zero attached hydrogens (tertiary/aromatic N) is 1. The van der Waals surface area contributed by atoms with Crippen LogP contribution >= 0.6 is 0 Å². The quantitative estimate of drug-likeness (QED) is 0.657. The molecule has 29 heavy (non-hydrogen) atoms. The number of rotatable bonds is 9. The number of carbonyl (C=O) groups is 1. The van der Waals surface area contributed by atoms with Crippen LogP contribution in [0.15, 0.2) is 53.4 Å². The van der Waals surface area contributed by atoms with Gasteiger partial charge < -0.3 is 10.6 Å². The third kappa shape index (κ3) is 5.88. The maximum Gasteiger partial charge on any atom is 0.282 e. The van der Waals surface area contributed by atoms with Crippen molar-refractivity contribution < 1.29 is 18.5 Å². The lowest BCUT2D eigenvalue weighted by atomic mass is 10.1. The van der Waals surface area contributed by atoms with Crippen LogP contribution in [0, 0.1) is 6.92 Å². The molecule has 1 amide bonds. The first kappa shape index (κ1) is 23.1. The van der Waals surface area contributed by atoms with Crippen molar-refractivity contribution in [1.29, 1.82) is 0 Å². The zero-order valence-electron chi connectivity index (χ0n) is 17.8. The molecular formula is C22H32N3O3S+. The number of hydrogen-bond acceptors (Lipinski definition) is 3. The molecule has 2 rings (SSSR count). The van der Waals surface area contributed by atoms with Crippen LogP contribution in [-0.4, -0.2) is 37.8 Å². The molecule has 0 fully saturated rings. The number of quaternary nitrogens is 1. The first-order valence-electron chi connectivity index (χ1n) is 10.0. The molecule has 0 aliphatic heterocycles. The normalized spacial score (nSPS) is 13.9. The van der Waals surface area contributed by atoms with Gasteiger partial charge in [0.05, 0.1) is 4.90 Å².